The van der Waals surface area contributed by atoms with Gasteiger partial charge in [0.25, 0.3) is 0 Å². The number of aromatic nitrogens is 3. The quantitative estimate of drug-likeness (QED) is 0.900. The zero-order chi connectivity index (χ0) is 17.4. The highest BCUT2D eigenvalue weighted by Crippen LogP contribution is 2.40. The summed E-state index contributed by atoms with van der Waals surface area (Å²) in [5.41, 5.74) is 2.43. The van der Waals surface area contributed by atoms with Crippen molar-refractivity contribution in [3.63, 3.8) is 0 Å². The summed E-state index contributed by atoms with van der Waals surface area (Å²) in [6.07, 6.45) is 6.47. The van der Waals surface area contributed by atoms with Gasteiger partial charge in [-0.1, -0.05) is 29.5 Å². The lowest BCUT2D eigenvalue weighted by molar-refractivity contribution is -0.135. The maximum atomic E-state index is 13.0. The molecule has 1 unspecified atom stereocenters. The number of aromatic carboxylic acids is 1. The highest BCUT2D eigenvalue weighted by Gasteiger charge is 2.39. The van der Waals surface area contributed by atoms with Gasteiger partial charge in [0.15, 0.2) is 5.69 Å². The van der Waals surface area contributed by atoms with Crippen LogP contribution in [-0.4, -0.2) is 42.9 Å². The van der Waals surface area contributed by atoms with Crippen LogP contribution in [0.15, 0.2) is 30.5 Å². The van der Waals surface area contributed by atoms with E-state index >= 15 is 0 Å². The van der Waals surface area contributed by atoms with Gasteiger partial charge >= 0.3 is 5.97 Å². The summed E-state index contributed by atoms with van der Waals surface area (Å²) < 4.78 is 1.32. The molecule has 4 rings (SSSR count). The first-order valence-corrected chi connectivity index (χ1v) is 8.66. The van der Waals surface area contributed by atoms with Crippen molar-refractivity contribution in [2.24, 2.45) is 0 Å². The number of carboxylic acids is 1. The number of hydrogen-bond acceptors (Lipinski definition) is 4. The minimum Gasteiger partial charge on any atom is -0.476 e. The molecule has 0 aliphatic heterocycles. The van der Waals surface area contributed by atoms with Crippen LogP contribution in [-0.2, 0) is 17.8 Å². The maximum absolute atomic E-state index is 13.0. The van der Waals surface area contributed by atoms with E-state index in [0.717, 1.165) is 32.1 Å². The molecule has 2 aliphatic rings. The second kappa shape index (κ2) is 6.31. The van der Waals surface area contributed by atoms with E-state index in [0.29, 0.717) is 0 Å². The normalized spacial score (nSPS) is 19.3. The van der Waals surface area contributed by atoms with Gasteiger partial charge in [-0.3, -0.25) is 4.79 Å². The van der Waals surface area contributed by atoms with Gasteiger partial charge in [0.1, 0.15) is 6.54 Å². The van der Waals surface area contributed by atoms with Gasteiger partial charge in [-0.05, 0) is 43.2 Å². The maximum Gasteiger partial charge on any atom is 0.358 e. The summed E-state index contributed by atoms with van der Waals surface area (Å²) in [6, 6.07) is 8.74. The first-order chi connectivity index (χ1) is 12.1. The van der Waals surface area contributed by atoms with E-state index in [4.69, 9.17) is 5.11 Å². The minimum atomic E-state index is -1.14. The lowest BCUT2D eigenvalue weighted by Crippen LogP contribution is -2.40. The number of nitrogens with zero attached hydrogens (tertiary/aromatic N) is 4. The Bertz CT molecular complexity index is 812. The van der Waals surface area contributed by atoms with Crippen LogP contribution in [0.1, 0.15) is 53.3 Å². The van der Waals surface area contributed by atoms with E-state index in [9.17, 15) is 9.59 Å². The van der Waals surface area contributed by atoms with Crippen molar-refractivity contribution in [1.82, 2.24) is 19.9 Å². The number of amides is 1. The predicted octanol–water partition coefficient (Wildman–Crippen LogP) is 2.04. The molecule has 1 heterocycles. The van der Waals surface area contributed by atoms with Crippen LogP contribution in [0.3, 0.4) is 0 Å². The summed E-state index contributed by atoms with van der Waals surface area (Å²) in [4.78, 5) is 25.9. The van der Waals surface area contributed by atoms with Crippen LogP contribution < -0.4 is 0 Å². The molecule has 2 aromatic rings. The lowest BCUT2D eigenvalue weighted by atomic mass is 9.86. The molecule has 1 saturated carbocycles. The SMILES string of the molecule is O=C(O)c1cn(CC(=O)N(C2CC2)C2CCCc3ccccc32)nn1. The molecule has 1 aromatic carbocycles. The molecule has 1 atom stereocenters. The number of carboxylic acid groups (broad SMARTS) is 1. The van der Waals surface area contributed by atoms with Crippen LogP contribution >= 0.6 is 0 Å². The average molecular weight is 340 g/mol. The number of benzene rings is 1. The molecular formula is C18H20N4O3. The molecule has 7 nitrogen and oxygen atoms in total. The molecule has 1 fully saturated rings. The average Bonchev–Trinajstić information content (AvgIpc) is 3.32. The largest absolute Gasteiger partial charge is 0.476 e. The van der Waals surface area contributed by atoms with Crippen molar-refractivity contribution in [1.29, 1.82) is 0 Å². The Morgan fingerprint density at radius 1 is 1.24 bits per heavy atom. The van der Waals surface area contributed by atoms with Crippen LogP contribution in [0.2, 0.25) is 0 Å². The Morgan fingerprint density at radius 3 is 2.76 bits per heavy atom. The Balaban J connectivity index is 1.57. The van der Waals surface area contributed by atoms with Crippen molar-refractivity contribution in [3.05, 3.63) is 47.3 Å². The molecule has 1 N–H and O–H groups in total. The lowest BCUT2D eigenvalue weighted by Gasteiger charge is -2.36. The number of fused-ring (bicyclic) bond motifs is 1. The third kappa shape index (κ3) is 3.14. The number of rotatable bonds is 5. The Labute approximate surface area is 145 Å². The highest BCUT2D eigenvalue weighted by atomic mass is 16.4. The van der Waals surface area contributed by atoms with Gasteiger partial charge in [0.2, 0.25) is 5.91 Å². The van der Waals surface area contributed by atoms with Gasteiger partial charge < -0.3 is 10.0 Å². The van der Waals surface area contributed by atoms with E-state index in [1.165, 1.54) is 22.0 Å². The number of carbonyl (C=O) groups is 2. The molecule has 2 aliphatic carbocycles. The fraction of sp³-hybridized carbons (Fsp3) is 0.444. The molecular weight excluding hydrogens is 320 g/mol. The molecule has 0 saturated heterocycles. The summed E-state index contributed by atoms with van der Waals surface area (Å²) in [5, 5.41) is 16.3. The van der Waals surface area contributed by atoms with Crippen LogP contribution in [0, 0.1) is 0 Å². The first kappa shape index (κ1) is 15.8. The molecule has 0 bridgehead atoms. The van der Waals surface area contributed by atoms with E-state index < -0.39 is 5.97 Å². The number of carbonyl (C=O) groups excluding carboxylic acids is 1. The monoisotopic (exact) mass is 340 g/mol. The topological polar surface area (TPSA) is 88.3 Å². The van der Waals surface area contributed by atoms with Crippen LogP contribution in [0.5, 0.6) is 0 Å². The van der Waals surface area contributed by atoms with Crippen molar-refractivity contribution in [3.8, 4) is 0 Å². The molecule has 0 radical (unpaired) electrons. The van der Waals surface area contributed by atoms with Gasteiger partial charge in [-0.25, -0.2) is 9.48 Å². The highest BCUT2D eigenvalue weighted by molar-refractivity contribution is 5.85. The van der Waals surface area contributed by atoms with Gasteiger partial charge in [-0.15, -0.1) is 5.10 Å². The molecule has 0 spiro atoms. The summed E-state index contributed by atoms with van der Waals surface area (Å²) in [7, 11) is 0. The van der Waals surface area contributed by atoms with E-state index in [-0.39, 0.29) is 30.2 Å². The zero-order valence-corrected chi connectivity index (χ0v) is 13.8. The van der Waals surface area contributed by atoms with E-state index in [2.05, 4.69) is 22.4 Å². The Hall–Kier alpha value is -2.70. The summed E-state index contributed by atoms with van der Waals surface area (Å²) in [5.74, 6) is -1.16. The Morgan fingerprint density at radius 2 is 2.04 bits per heavy atom. The van der Waals surface area contributed by atoms with Crippen LogP contribution in [0.4, 0.5) is 0 Å². The zero-order valence-electron chi connectivity index (χ0n) is 13.8. The number of aryl methyl sites for hydroxylation is 1. The fourth-order valence-corrected chi connectivity index (χ4v) is 3.70. The van der Waals surface area contributed by atoms with Crippen molar-refractivity contribution >= 4 is 11.9 Å². The third-order valence-electron chi connectivity index (χ3n) is 4.96. The molecule has 130 valence electrons. The second-order valence-electron chi connectivity index (χ2n) is 6.75. The third-order valence-corrected chi connectivity index (χ3v) is 4.96. The van der Waals surface area contributed by atoms with E-state index in [1.54, 1.807) is 0 Å². The fourth-order valence-electron chi connectivity index (χ4n) is 3.70. The Kier molecular flexibility index (Phi) is 3.99. The van der Waals surface area contributed by atoms with Crippen molar-refractivity contribution in [2.75, 3.05) is 0 Å². The minimum absolute atomic E-state index is 0.0222. The van der Waals surface area contributed by atoms with E-state index in [1.807, 2.05) is 17.0 Å². The predicted molar refractivity (Wildman–Crippen MR) is 89.0 cm³/mol. The van der Waals surface area contributed by atoms with Crippen molar-refractivity contribution in [2.45, 2.75) is 50.7 Å². The smallest absolute Gasteiger partial charge is 0.358 e. The number of hydrogen-bond donors (Lipinski definition) is 1. The summed E-state index contributed by atoms with van der Waals surface area (Å²) in [6.45, 7) is 0.0233. The summed E-state index contributed by atoms with van der Waals surface area (Å²) >= 11 is 0. The van der Waals surface area contributed by atoms with Gasteiger partial charge in [-0.2, -0.15) is 0 Å². The van der Waals surface area contributed by atoms with Gasteiger partial charge in [0, 0.05) is 6.04 Å². The van der Waals surface area contributed by atoms with Crippen molar-refractivity contribution < 1.29 is 14.7 Å². The second-order valence-corrected chi connectivity index (χ2v) is 6.75. The molecule has 25 heavy (non-hydrogen) atoms. The molecule has 1 amide bonds. The first-order valence-electron chi connectivity index (χ1n) is 8.66. The van der Waals surface area contributed by atoms with Gasteiger partial charge in [0.05, 0.1) is 12.2 Å². The standard InChI is InChI=1S/C18H20N4O3/c23-17(11-21-10-15(18(24)25)19-20-21)22(13-8-9-13)16-7-3-5-12-4-1-2-6-14(12)16/h1-2,4,6,10,13,16H,3,5,7-9,11H2,(H,24,25). The molecule has 7 heteroatoms. The molecule has 1 aromatic heterocycles. The van der Waals surface area contributed by atoms with Crippen LogP contribution in [0.25, 0.3) is 0 Å².